The largest absolute Gasteiger partial charge is 0.287 e. The summed E-state index contributed by atoms with van der Waals surface area (Å²) in [6.07, 6.45) is 4.59. The lowest BCUT2D eigenvalue weighted by Crippen LogP contribution is -2.40. The Morgan fingerprint density at radius 2 is 2.12 bits per heavy atom. The monoisotopic (exact) mass is 228 g/mol. The lowest BCUT2D eigenvalue weighted by Gasteiger charge is -2.33. The molecule has 0 unspecified atom stereocenters. The van der Waals surface area contributed by atoms with Crippen molar-refractivity contribution in [2.45, 2.75) is 38.6 Å². The number of benzene rings is 1. The fourth-order valence-corrected chi connectivity index (χ4v) is 2.76. The van der Waals surface area contributed by atoms with Crippen LogP contribution in [-0.2, 0) is 12.8 Å². The summed E-state index contributed by atoms with van der Waals surface area (Å²) in [7, 11) is 0. The summed E-state index contributed by atoms with van der Waals surface area (Å²) in [5, 5.41) is 8.90. The summed E-state index contributed by atoms with van der Waals surface area (Å²) in [6.45, 7) is 3.79. The van der Waals surface area contributed by atoms with Crippen molar-refractivity contribution in [2.24, 2.45) is 0 Å². The van der Waals surface area contributed by atoms with E-state index < -0.39 is 0 Å². The van der Waals surface area contributed by atoms with Gasteiger partial charge < -0.3 is 0 Å². The Kier molecular flexibility index (Phi) is 4.17. The first kappa shape index (κ1) is 12.1. The van der Waals surface area contributed by atoms with Gasteiger partial charge in [0.2, 0.25) is 0 Å². The van der Waals surface area contributed by atoms with Gasteiger partial charge in [-0.2, -0.15) is 5.26 Å². The van der Waals surface area contributed by atoms with E-state index >= 15 is 0 Å². The number of rotatable bonds is 4. The molecule has 1 aromatic rings. The third kappa shape index (κ3) is 2.87. The summed E-state index contributed by atoms with van der Waals surface area (Å²) >= 11 is 0. The van der Waals surface area contributed by atoms with Gasteiger partial charge in [0.15, 0.2) is 0 Å². The van der Waals surface area contributed by atoms with E-state index in [1.54, 1.807) is 0 Å². The molecule has 0 fully saturated rings. The lowest BCUT2D eigenvalue weighted by atomic mass is 9.87. The highest BCUT2D eigenvalue weighted by atomic mass is 15.1. The van der Waals surface area contributed by atoms with Crippen LogP contribution in [0.4, 0.5) is 0 Å². The summed E-state index contributed by atoms with van der Waals surface area (Å²) in [5.41, 5.74) is 2.97. The Labute approximate surface area is 104 Å². The Hall–Kier alpha value is -1.33. The first-order valence-corrected chi connectivity index (χ1v) is 6.53. The van der Waals surface area contributed by atoms with Gasteiger partial charge in [0.1, 0.15) is 0 Å². The van der Waals surface area contributed by atoms with Crippen LogP contribution >= 0.6 is 0 Å². The van der Waals surface area contributed by atoms with Crippen LogP contribution in [0, 0.1) is 11.3 Å². The van der Waals surface area contributed by atoms with Gasteiger partial charge in [-0.05, 0) is 43.4 Å². The molecule has 0 saturated heterocycles. The van der Waals surface area contributed by atoms with Gasteiger partial charge in [-0.1, -0.05) is 31.2 Å². The second kappa shape index (κ2) is 5.84. The van der Waals surface area contributed by atoms with Gasteiger partial charge in [0, 0.05) is 6.04 Å². The van der Waals surface area contributed by atoms with E-state index in [1.807, 2.05) is 0 Å². The first-order chi connectivity index (χ1) is 8.35. The highest BCUT2D eigenvalue weighted by molar-refractivity contribution is 5.30. The van der Waals surface area contributed by atoms with Crippen molar-refractivity contribution in [1.82, 2.24) is 4.90 Å². The number of nitriles is 1. The summed E-state index contributed by atoms with van der Waals surface area (Å²) in [5.74, 6) is 0. The van der Waals surface area contributed by atoms with E-state index in [0.717, 1.165) is 25.8 Å². The van der Waals surface area contributed by atoms with Crippen LogP contribution in [0.25, 0.3) is 0 Å². The Balaban J connectivity index is 2.07. The van der Waals surface area contributed by atoms with Gasteiger partial charge in [-0.25, -0.2) is 0 Å². The molecule has 0 N–H and O–H groups in total. The topological polar surface area (TPSA) is 27.0 Å². The average Bonchev–Trinajstić information content (AvgIpc) is 2.38. The zero-order valence-electron chi connectivity index (χ0n) is 10.5. The van der Waals surface area contributed by atoms with E-state index in [4.69, 9.17) is 5.26 Å². The first-order valence-electron chi connectivity index (χ1n) is 6.53. The molecule has 2 heteroatoms. The zero-order chi connectivity index (χ0) is 12.1. The smallest absolute Gasteiger partial charge is 0.0868 e. The second-order valence-corrected chi connectivity index (χ2v) is 4.79. The Morgan fingerprint density at radius 3 is 2.82 bits per heavy atom. The zero-order valence-corrected chi connectivity index (χ0v) is 10.5. The van der Waals surface area contributed by atoms with Crippen molar-refractivity contribution < 1.29 is 0 Å². The summed E-state index contributed by atoms with van der Waals surface area (Å²) < 4.78 is 0. The van der Waals surface area contributed by atoms with E-state index in [-0.39, 0.29) is 0 Å². The Morgan fingerprint density at radius 1 is 1.35 bits per heavy atom. The van der Waals surface area contributed by atoms with Crippen molar-refractivity contribution in [2.75, 3.05) is 13.1 Å². The van der Waals surface area contributed by atoms with Gasteiger partial charge in [0.25, 0.3) is 0 Å². The van der Waals surface area contributed by atoms with E-state index in [0.29, 0.717) is 12.6 Å². The molecule has 1 aliphatic carbocycles. The number of nitrogens with zero attached hydrogens (tertiary/aromatic N) is 2. The standard InChI is InChI=1S/C15H20N2/c1-2-10-17(11-9-16)15-8-7-13-5-3-4-6-14(13)12-15/h3-6,15H,2,7-8,10-12H2,1H3/t15-/m1/s1. The van der Waals surface area contributed by atoms with Gasteiger partial charge >= 0.3 is 0 Å². The number of fused-ring (bicyclic) bond motifs is 1. The van der Waals surface area contributed by atoms with Crippen molar-refractivity contribution >= 4 is 0 Å². The number of hydrogen-bond donors (Lipinski definition) is 0. The van der Waals surface area contributed by atoms with E-state index in [2.05, 4.69) is 42.2 Å². The minimum atomic E-state index is 0.560. The normalized spacial score (nSPS) is 18.8. The number of hydrogen-bond acceptors (Lipinski definition) is 2. The van der Waals surface area contributed by atoms with Crippen LogP contribution in [0.3, 0.4) is 0 Å². The highest BCUT2D eigenvalue weighted by Crippen LogP contribution is 2.24. The van der Waals surface area contributed by atoms with Gasteiger partial charge in [0.05, 0.1) is 12.6 Å². The average molecular weight is 228 g/mol. The molecule has 17 heavy (non-hydrogen) atoms. The predicted molar refractivity (Wildman–Crippen MR) is 69.7 cm³/mol. The van der Waals surface area contributed by atoms with Crippen LogP contribution in [0.15, 0.2) is 24.3 Å². The predicted octanol–water partition coefficient (Wildman–Crippen LogP) is 2.78. The molecule has 1 aromatic carbocycles. The molecule has 0 radical (unpaired) electrons. The van der Waals surface area contributed by atoms with E-state index in [9.17, 15) is 0 Å². The Bertz CT molecular complexity index is 406. The van der Waals surface area contributed by atoms with Crippen LogP contribution in [0.1, 0.15) is 30.9 Å². The third-order valence-electron chi connectivity index (χ3n) is 3.62. The van der Waals surface area contributed by atoms with Crippen molar-refractivity contribution in [3.05, 3.63) is 35.4 Å². The van der Waals surface area contributed by atoms with E-state index in [1.165, 1.54) is 17.5 Å². The molecule has 0 saturated carbocycles. The highest BCUT2D eigenvalue weighted by Gasteiger charge is 2.23. The molecule has 2 rings (SSSR count). The quantitative estimate of drug-likeness (QED) is 0.741. The molecular weight excluding hydrogens is 208 g/mol. The number of aryl methyl sites for hydroxylation is 1. The van der Waals surface area contributed by atoms with Gasteiger partial charge in [-0.15, -0.1) is 0 Å². The van der Waals surface area contributed by atoms with Crippen LogP contribution < -0.4 is 0 Å². The molecule has 0 amide bonds. The maximum absolute atomic E-state index is 8.90. The molecule has 0 bridgehead atoms. The summed E-state index contributed by atoms with van der Waals surface area (Å²) in [6, 6.07) is 11.6. The lowest BCUT2D eigenvalue weighted by molar-refractivity contribution is 0.201. The molecule has 2 nitrogen and oxygen atoms in total. The van der Waals surface area contributed by atoms with Crippen LogP contribution in [-0.4, -0.2) is 24.0 Å². The van der Waals surface area contributed by atoms with Crippen molar-refractivity contribution in [3.8, 4) is 6.07 Å². The maximum Gasteiger partial charge on any atom is 0.0868 e. The molecule has 0 heterocycles. The molecule has 0 aliphatic heterocycles. The fraction of sp³-hybridized carbons (Fsp3) is 0.533. The fourth-order valence-electron chi connectivity index (χ4n) is 2.76. The minimum absolute atomic E-state index is 0.560. The molecule has 0 aromatic heterocycles. The molecule has 90 valence electrons. The van der Waals surface area contributed by atoms with Crippen LogP contribution in [0.5, 0.6) is 0 Å². The van der Waals surface area contributed by atoms with Crippen LogP contribution in [0.2, 0.25) is 0 Å². The maximum atomic E-state index is 8.90. The van der Waals surface area contributed by atoms with Gasteiger partial charge in [-0.3, -0.25) is 4.90 Å². The summed E-state index contributed by atoms with van der Waals surface area (Å²) in [4.78, 5) is 2.34. The minimum Gasteiger partial charge on any atom is -0.287 e. The third-order valence-corrected chi connectivity index (χ3v) is 3.62. The molecule has 1 aliphatic rings. The second-order valence-electron chi connectivity index (χ2n) is 4.79. The molecule has 0 spiro atoms. The molecular formula is C15H20N2. The van der Waals surface area contributed by atoms with Crippen molar-refractivity contribution in [3.63, 3.8) is 0 Å². The molecule has 1 atom stereocenters. The van der Waals surface area contributed by atoms with Crippen molar-refractivity contribution in [1.29, 1.82) is 5.26 Å². The SMILES string of the molecule is CCCN(CC#N)[C@@H]1CCc2ccccc2C1.